The summed E-state index contributed by atoms with van der Waals surface area (Å²) in [5, 5.41) is 16.1. The fraction of sp³-hybridized carbons (Fsp3) is 0.750. The maximum absolute atomic E-state index is 12.1. The molecule has 0 bridgehead atoms. The van der Waals surface area contributed by atoms with Gasteiger partial charge < -0.3 is 20.6 Å². The van der Waals surface area contributed by atoms with Crippen molar-refractivity contribution in [2.75, 3.05) is 65.4 Å². The second kappa shape index (κ2) is 10.9. The number of carbonyl (C=O) groups excluding carboxylic acids is 3. The Morgan fingerprint density at radius 1 is 0.852 bits per heavy atom. The Morgan fingerprint density at radius 3 is 1.89 bits per heavy atom. The van der Waals surface area contributed by atoms with Crippen LogP contribution in [-0.4, -0.2) is 109 Å². The Kier molecular flexibility index (Phi) is 8.58. The van der Waals surface area contributed by atoms with Crippen molar-refractivity contribution >= 4 is 23.8 Å². The highest BCUT2D eigenvalue weighted by molar-refractivity contribution is 6.01. The van der Waals surface area contributed by atoms with Gasteiger partial charge in [0.25, 0.3) is 11.8 Å². The number of imide groups is 1. The summed E-state index contributed by atoms with van der Waals surface area (Å²) in [4.78, 5) is 54.8. The van der Waals surface area contributed by atoms with Gasteiger partial charge in [0.05, 0.1) is 13.1 Å². The zero-order chi connectivity index (χ0) is 19.6. The van der Waals surface area contributed by atoms with E-state index in [0.717, 1.165) is 13.1 Å². The predicted octanol–water partition coefficient (Wildman–Crippen LogP) is -2.52. The fourth-order valence-corrected chi connectivity index (χ4v) is 2.89. The number of hydrogen-bond donors (Lipinski definition) is 3. The molecule has 2 aliphatic heterocycles. The van der Waals surface area contributed by atoms with Crippen molar-refractivity contribution in [3.63, 3.8) is 0 Å². The zero-order valence-electron chi connectivity index (χ0n) is 15.3. The highest BCUT2D eigenvalue weighted by Gasteiger charge is 2.33. The molecule has 0 radical (unpaired) electrons. The molecule has 0 aromatic rings. The third kappa shape index (κ3) is 7.59. The molecule has 2 aliphatic rings. The summed E-state index contributed by atoms with van der Waals surface area (Å²) in [6.07, 6.45) is 0.107. The summed E-state index contributed by atoms with van der Waals surface area (Å²) >= 11 is 0. The lowest BCUT2D eigenvalue weighted by atomic mass is 10.3. The van der Waals surface area contributed by atoms with Gasteiger partial charge in [-0.2, -0.15) is 0 Å². The number of amides is 2. The highest BCUT2D eigenvalue weighted by Crippen LogP contribution is 2.12. The molecule has 11 nitrogen and oxygen atoms in total. The average molecular weight is 385 g/mol. The molecule has 0 aromatic carbocycles. The number of rotatable bonds is 5. The van der Waals surface area contributed by atoms with Gasteiger partial charge in [0.15, 0.2) is 0 Å². The Labute approximate surface area is 157 Å². The van der Waals surface area contributed by atoms with Crippen LogP contribution >= 0.6 is 0 Å². The minimum absolute atomic E-state index is 0.0535. The van der Waals surface area contributed by atoms with Crippen molar-refractivity contribution < 1.29 is 29.1 Å². The van der Waals surface area contributed by atoms with Crippen LogP contribution < -0.4 is 10.6 Å². The van der Waals surface area contributed by atoms with Crippen LogP contribution in [0.4, 0.5) is 0 Å². The van der Waals surface area contributed by atoms with Crippen LogP contribution in [-0.2, 0) is 24.0 Å². The number of nitrogens with zero attached hydrogens (tertiary/aromatic N) is 3. The summed E-state index contributed by atoms with van der Waals surface area (Å²) in [6, 6.07) is 0. The van der Waals surface area contributed by atoms with Gasteiger partial charge in [-0.3, -0.25) is 24.2 Å². The van der Waals surface area contributed by atoms with Gasteiger partial charge in [-0.1, -0.05) is 0 Å². The Hall–Kier alpha value is -2.08. The lowest BCUT2D eigenvalue weighted by Crippen LogP contribution is -2.46. The predicted molar refractivity (Wildman–Crippen MR) is 93.4 cm³/mol. The topological polar surface area (TPSA) is 132 Å². The smallest absolute Gasteiger partial charge is 0.347 e. The van der Waals surface area contributed by atoms with Gasteiger partial charge in [0, 0.05) is 65.2 Å². The van der Waals surface area contributed by atoms with Gasteiger partial charge in [-0.05, 0) is 0 Å². The fourth-order valence-electron chi connectivity index (χ4n) is 2.89. The third-order valence-corrected chi connectivity index (χ3v) is 4.33. The molecule has 0 spiro atoms. The van der Waals surface area contributed by atoms with Gasteiger partial charge in [0.1, 0.15) is 0 Å². The summed E-state index contributed by atoms with van der Waals surface area (Å²) in [6.45, 7) is 4.77. The maximum atomic E-state index is 12.1. The van der Waals surface area contributed by atoms with Crippen LogP contribution in [0.5, 0.6) is 0 Å². The minimum atomic E-state index is -0.902. The van der Waals surface area contributed by atoms with Gasteiger partial charge in [-0.15, -0.1) is 5.06 Å². The number of aliphatic carboxylic acids is 1. The molecule has 11 heteroatoms. The first-order valence-corrected chi connectivity index (χ1v) is 9.10. The molecule has 0 atom stereocenters. The summed E-state index contributed by atoms with van der Waals surface area (Å²) < 4.78 is 0. The average Bonchev–Trinajstić information content (AvgIpc) is 2.91. The van der Waals surface area contributed by atoms with E-state index in [9.17, 15) is 19.2 Å². The van der Waals surface area contributed by atoms with Crippen molar-refractivity contribution in [3.05, 3.63) is 0 Å². The molecule has 3 N–H and O–H groups in total. The second-order valence-electron chi connectivity index (χ2n) is 6.49. The molecule has 152 valence electrons. The van der Waals surface area contributed by atoms with Crippen molar-refractivity contribution in [1.29, 1.82) is 0 Å². The second-order valence-corrected chi connectivity index (χ2v) is 6.49. The molecule has 27 heavy (non-hydrogen) atoms. The molecule has 2 fully saturated rings. The van der Waals surface area contributed by atoms with Gasteiger partial charge in [0.2, 0.25) is 0 Å². The summed E-state index contributed by atoms with van der Waals surface area (Å²) in [7, 11) is 0. The molecule has 2 rings (SSSR count). The van der Waals surface area contributed by atoms with E-state index in [4.69, 9.17) is 9.94 Å². The van der Waals surface area contributed by atoms with Crippen molar-refractivity contribution in [2.45, 2.75) is 12.8 Å². The van der Waals surface area contributed by atoms with Crippen molar-refractivity contribution in [2.24, 2.45) is 0 Å². The monoisotopic (exact) mass is 385 g/mol. The molecule has 2 heterocycles. The normalized spacial score (nSPS) is 21.6. The number of carboxylic acids is 1. The maximum Gasteiger partial charge on any atom is 0.347 e. The van der Waals surface area contributed by atoms with Gasteiger partial charge >= 0.3 is 11.9 Å². The van der Waals surface area contributed by atoms with Crippen LogP contribution in [0.15, 0.2) is 0 Å². The summed E-state index contributed by atoms with van der Waals surface area (Å²) in [5.41, 5.74) is 0. The molecule has 2 amide bonds. The number of carbonyl (C=O) groups is 4. The summed E-state index contributed by atoms with van der Waals surface area (Å²) in [5.74, 6) is -2.61. The molecular weight excluding hydrogens is 358 g/mol. The standard InChI is InChI=1S/C16H27N5O6/c22-13-1-2-14(23)21(13)27-16(26)12-20-8-6-18-4-3-17-5-7-19(9-10-20)11-15(24)25/h17-18H,1-12H2,(H,24,25). The lowest BCUT2D eigenvalue weighted by molar-refractivity contribution is -0.198. The largest absolute Gasteiger partial charge is 0.480 e. The van der Waals surface area contributed by atoms with E-state index < -0.39 is 23.8 Å². The van der Waals surface area contributed by atoms with E-state index in [1.54, 1.807) is 4.90 Å². The first kappa shape index (κ1) is 21.2. The molecule has 0 aliphatic carbocycles. The van der Waals surface area contributed by atoms with E-state index >= 15 is 0 Å². The quantitative estimate of drug-likeness (QED) is 0.436. The Morgan fingerprint density at radius 2 is 1.37 bits per heavy atom. The minimum Gasteiger partial charge on any atom is -0.480 e. The van der Waals surface area contributed by atoms with E-state index in [0.29, 0.717) is 44.3 Å². The lowest BCUT2D eigenvalue weighted by Gasteiger charge is -2.27. The van der Waals surface area contributed by atoms with E-state index in [2.05, 4.69) is 10.6 Å². The van der Waals surface area contributed by atoms with Gasteiger partial charge in [-0.25, -0.2) is 4.79 Å². The SMILES string of the molecule is O=C(O)CN1CCNCCNCCN(CC(=O)ON2C(=O)CCC2=O)CC1. The number of hydrogen-bond acceptors (Lipinski definition) is 9. The van der Waals surface area contributed by atoms with Crippen molar-refractivity contribution in [3.8, 4) is 0 Å². The van der Waals surface area contributed by atoms with Crippen LogP contribution in [0.2, 0.25) is 0 Å². The Balaban J connectivity index is 1.89. The first-order valence-electron chi connectivity index (χ1n) is 9.10. The van der Waals surface area contributed by atoms with E-state index in [-0.39, 0.29) is 25.9 Å². The van der Waals surface area contributed by atoms with Crippen LogP contribution in [0.25, 0.3) is 0 Å². The molecular formula is C16H27N5O6. The number of carboxylic acid groups (broad SMARTS) is 1. The third-order valence-electron chi connectivity index (χ3n) is 4.33. The number of nitrogens with one attached hydrogen (secondary N) is 2. The zero-order valence-corrected chi connectivity index (χ0v) is 15.3. The molecule has 2 saturated heterocycles. The van der Waals surface area contributed by atoms with E-state index in [1.165, 1.54) is 0 Å². The number of hydroxylamine groups is 2. The van der Waals surface area contributed by atoms with Crippen LogP contribution in [0.1, 0.15) is 12.8 Å². The molecule has 0 unspecified atom stereocenters. The molecule has 0 aromatic heterocycles. The molecule has 0 saturated carbocycles. The first-order chi connectivity index (χ1) is 13.0. The highest BCUT2D eigenvalue weighted by atomic mass is 16.7. The van der Waals surface area contributed by atoms with E-state index in [1.807, 2.05) is 4.90 Å². The van der Waals surface area contributed by atoms with Crippen LogP contribution in [0.3, 0.4) is 0 Å². The van der Waals surface area contributed by atoms with Crippen LogP contribution in [0, 0.1) is 0 Å². The van der Waals surface area contributed by atoms with Crippen molar-refractivity contribution in [1.82, 2.24) is 25.5 Å². The Bertz CT molecular complexity index is 541.